The summed E-state index contributed by atoms with van der Waals surface area (Å²) in [6.45, 7) is 2.34. The summed E-state index contributed by atoms with van der Waals surface area (Å²) in [6.07, 6.45) is 3.79. The molecule has 2 heterocycles. The van der Waals surface area contributed by atoms with Crippen molar-refractivity contribution >= 4 is 49.9 Å². The van der Waals surface area contributed by atoms with Crippen molar-refractivity contribution < 1.29 is 18.7 Å². The number of nitrogens with zero attached hydrogens (tertiary/aromatic N) is 2. The van der Waals surface area contributed by atoms with Gasteiger partial charge in [0.1, 0.15) is 23.1 Å². The average Bonchev–Trinajstić information content (AvgIpc) is 3.01. The molecule has 0 atom stereocenters. The van der Waals surface area contributed by atoms with Crippen LogP contribution in [0.2, 0.25) is 0 Å². The van der Waals surface area contributed by atoms with Crippen LogP contribution in [0.25, 0.3) is 16.5 Å². The molecule has 0 saturated heterocycles. The number of nitrogens with one attached hydrogen (secondary N) is 3. The molecule has 0 fully saturated rings. The van der Waals surface area contributed by atoms with Gasteiger partial charge in [-0.2, -0.15) is 0 Å². The van der Waals surface area contributed by atoms with Gasteiger partial charge in [-0.15, -0.1) is 0 Å². The van der Waals surface area contributed by atoms with Gasteiger partial charge < -0.3 is 25.4 Å². The van der Waals surface area contributed by atoms with Crippen LogP contribution in [-0.4, -0.2) is 29.8 Å². The maximum Gasteiger partial charge on any atom is 0.323 e. The highest BCUT2D eigenvalue weighted by atomic mass is 79.9. The van der Waals surface area contributed by atoms with E-state index >= 15 is 0 Å². The van der Waals surface area contributed by atoms with Crippen LogP contribution >= 0.6 is 15.9 Å². The number of amides is 2. The fourth-order valence-corrected chi connectivity index (χ4v) is 5.22. The Hall–Kier alpha value is -4.90. The number of para-hydroxylation sites is 1. The largest absolute Gasteiger partial charge is 0.497 e. The van der Waals surface area contributed by atoms with Crippen LogP contribution in [0.5, 0.6) is 11.5 Å². The number of ether oxygens (including phenoxy) is 2. The first-order valence-corrected chi connectivity index (χ1v) is 14.2. The fourth-order valence-electron chi connectivity index (χ4n) is 4.71. The molecule has 0 spiro atoms. The summed E-state index contributed by atoms with van der Waals surface area (Å²) < 4.78 is 27.4. The Balaban J connectivity index is 1.45. The van der Waals surface area contributed by atoms with Gasteiger partial charge in [-0.25, -0.2) is 14.2 Å². The number of fused-ring (bicyclic) bond motifs is 1. The Labute approximate surface area is 255 Å². The van der Waals surface area contributed by atoms with Gasteiger partial charge in [0.2, 0.25) is 0 Å². The van der Waals surface area contributed by atoms with E-state index in [9.17, 15) is 14.0 Å². The molecular formula is C32H29BrFN5O4. The molecule has 220 valence electrons. The molecule has 43 heavy (non-hydrogen) atoms. The number of rotatable bonds is 9. The predicted molar refractivity (Wildman–Crippen MR) is 170 cm³/mol. The first kappa shape index (κ1) is 29.6. The molecule has 2 amide bonds. The van der Waals surface area contributed by atoms with Gasteiger partial charge in [0.15, 0.2) is 0 Å². The topological polar surface area (TPSA) is 107 Å². The van der Waals surface area contributed by atoms with Crippen molar-refractivity contribution in [3.8, 4) is 17.2 Å². The highest BCUT2D eigenvalue weighted by molar-refractivity contribution is 9.10. The van der Waals surface area contributed by atoms with Crippen molar-refractivity contribution in [2.45, 2.75) is 19.9 Å². The van der Waals surface area contributed by atoms with Gasteiger partial charge in [0.05, 0.1) is 25.6 Å². The van der Waals surface area contributed by atoms with Crippen LogP contribution in [0.1, 0.15) is 18.1 Å². The van der Waals surface area contributed by atoms with E-state index in [1.165, 1.54) is 16.7 Å². The van der Waals surface area contributed by atoms with Gasteiger partial charge in [0, 0.05) is 51.7 Å². The minimum Gasteiger partial charge on any atom is -0.497 e. The van der Waals surface area contributed by atoms with Crippen molar-refractivity contribution in [2.75, 3.05) is 30.2 Å². The van der Waals surface area contributed by atoms with Crippen LogP contribution in [0, 0.1) is 5.82 Å². The number of carbonyl (C=O) groups is 1. The second-order valence-electron chi connectivity index (χ2n) is 9.55. The van der Waals surface area contributed by atoms with Crippen molar-refractivity contribution in [3.05, 3.63) is 111 Å². The van der Waals surface area contributed by atoms with E-state index in [0.717, 1.165) is 16.3 Å². The lowest BCUT2D eigenvalue weighted by Gasteiger charge is -2.16. The quantitative estimate of drug-likeness (QED) is 0.158. The maximum atomic E-state index is 14.9. The Kier molecular flexibility index (Phi) is 8.91. The number of aryl methyl sites for hydroxylation is 1. The lowest BCUT2D eigenvalue weighted by atomic mass is 10.1. The third kappa shape index (κ3) is 6.46. The van der Waals surface area contributed by atoms with Crippen LogP contribution in [0.3, 0.4) is 0 Å². The third-order valence-corrected chi connectivity index (χ3v) is 7.52. The minimum atomic E-state index is -0.658. The first-order valence-electron chi connectivity index (χ1n) is 13.4. The van der Waals surface area contributed by atoms with E-state index in [1.54, 1.807) is 50.9 Å². The molecule has 5 rings (SSSR count). The van der Waals surface area contributed by atoms with E-state index in [1.807, 2.05) is 37.3 Å². The van der Waals surface area contributed by atoms with Gasteiger partial charge in [-0.3, -0.25) is 9.36 Å². The molecule has 0 bridgehead atoms. The molecule has 3 aromatic carbocycles. The van der Waals surface area contributed by atoms with Crippen LogP contribution < -0.4 is 31.0 Å². The summed E-state index contributed by atoms with van der Waals surface area (Å²) in [4.78, 5) is 30.8. The summed E-state index contributed by atoms with van der Waals surface area (Å²) in [7, 11) is 3.20. The van der Waals surface area contributed by atoms with E-state index in [2.05, 4.69) is 36.9 Å². The number of hydrogen-bond donors (Lipinski definition) is 3. The number of carbonyl (C=O) groups excluding carboxylic acids is 1. The molecule has 0 saturated carbocycles. The molecule has 0 aliphatic rings. The molecule has 0 radical (unpaired) electrons. The molecular weight excluding hydrogens is 617 g/mol. The van der Waals surface area contributed by atoms with Gasteiger partial charge >= 0.3 is 6.03 Å². The molecule has 3 N–H and O–H groups in total. The lowest BCUT2D eigenvalue weighted by Crippen LogP contribution is -2.23. The molecule has 9 nitrogen and oxygen atoms in total. The lowest BCUT2D eigenvalue weighted by molar-refractivity contribution is 0.262. The van der Waals surface area contributed by atoms with Crippen molar-refractivity contribution in [1.29, 1.82) is 0 Å². The molecule has 0 aliphatic carbocycles. The normalized spacial score (nSPS) is 10.8. The average molecular weight is 647 g/mol. The monoisotopic (exact) mass is 645 g/mol. The highest BCUT2D eigenvalue weighted by Gasteiger charge is 2.17. The number of benzene rings is 3. The molecule has 0 aliphatic heterocycles. The fraction of sp³-hybridized carbons (Fsp3) is 0.156. The standard InChI is InChI=1S/C32H29BrFN5O4/c1-4-23-24-13-30(35-16-19-10-11-22(42-2)12-29(19)43-3)36-17-20(24)18-39(31(23)40)28-15-27(26(34)14-25(28)33)38-32(41)37-21-8-6-5-7-9-21/h5-15,17-18,35H,4,16H2,1-3H3,(H2,37,38,41). The van der Waals surface area contributed by atoms with Crippen molar-refractivity contribution in [1.82, 2.24) is 9.55 Å². The number of halogens is 2. The number of methoxy groups -OCH3 is 2. The highest BCUT2D eigenvalue weighted by Crippen LogP contribution is 2.30. The van der Waals surface area contributed by atoms with E-state index < -0.39 is 11.8 Å². The Bertz CT molecular complexity index is 1860. The van der Waals surface area contributed by atoms with Gasteiger partial charge in [-0.1, -0.05) is 25.1 Å². The Morgan fingerprint density at radius 2 is 1.81 bits per heavy atom. The van der Waals surface area contributed by atoms with Crippen molar-refractivity contribution in [3.63, 3.8) is 0 Å². The molecule has 2 aromatic heterocycles. The Morgan fingerprint density at radius 1 is 1.02 bits per heavy atom. The van der Waals surface area contributed by atoms with Crippen LogP contribution in [0.15, 0.2) is 88.4 Å². The summed E-state index contributed by atoms with van der Waals surface area (Å²) in [5.74, 6) is 1.31. The SMILES string of the molecule is CCc1c(=O)n(-c2cc(NC(=O)Nc3ccccc3)c(F)cc2Br)cc2cnc(NCc3ccc(OC)cc3OC)cc12. The zero-order valence-corrected chi connectivity index (χ0v) is 25.3. The number of urea groups is 1. The van der Waals surface area contributed by atoms with Crippen molar-refractivity contribution in [2.24, 2.45) is 0 Å². The third-order valence-electron chi connectivity index (χ3n) is 6.89. The summed E-state index contributed by atoms with van der Waals surface area (Å²) in [6, 6.07) is 18.3. The van der Waals surface area contributed by atoms with Crippen LogP contribution in [0.4, 0.5) is 26.4 Å². The Morgan fingerprint density at radius 3 is 2.53 bits per heavy atom. The smallest absolute Gasteiger partial charge is 0.323 e. The number of hydrogen-bond acceptors (Lipinski definition) is 6. The second kappa shape index (κ2) is 13.0. The van der Waals surface area contributed by atoms with Gasteiger partial charge in [0.25, 0.3) is 5.56 Å². The summed E-state index contributed by atoms with van der Waals surface area (Å²) in [5.41, 5.74) is 2.06. The van der Waals surface area contributed by atoms with E-state index in [-0.39, 0.29) is 11.2 Å². The van der Waals surface area contributed by atoms with Gasteiger partial charge in [-0.05, 0) is 70.2 Å². The first-order chi connectivity index (χ1) is 20.8. The zero-order valence-electron chi connectivity index (χ0n) is 23.7. The minimum absolute atomic E-state index is 0.0803. The number of aromatic nitrogens is 2. The summed E-state index contributed by atoms with van der Waals surface area (Å²) >= 11 is 3.39. The summed E-state index contributed by atoms with van der Waals surface area (Å²) in [5, 5.41) is 9.97. The second-order valence-corrected chi connectivity index (χ2v) is 10.4. The van der Waals surface area contributed by atoms with E-state index in [0.29, 0.717) is 51.7 Å². The maximum absolute atomic E-state index is 14.9. The zero-order chi connectivity index (χ0) is 30.5. The molecule has 0 unspecified atom stereocenters. The number of pyridine rings is 2. The molecule has 5 aromatic rings. The van der Waals surface area contributed by atoms with E-state index in [4.69, 9.17) is 9.47 Å². The molecule has 11 heteroatoms. The van der Waals surface area contributed by atoms with Crippen LogP contribution in [-0.2, 0) is 13.0 Å². The number of anilines is 3. The predicted octanol–water partition coefficient (Wildman–Crippen LogP) is 7.12.